The summed E-state index contributed by atoms with van der Waals surface area (Å²) in [7, 11) is 0. The van der Waals surface area contributed by atoms with Gasteiger partial charge in [-0.2, -0.15) is 0 Å². The van der Waals surface area contributed by atoms with Crippen molar-refractivity contribution in [2.75, 3.05) is 6.54 Å². The molecule has 0 radical (unpaired) electrons. The van der Waals surface area contributed by atoms with Crippen LogP contribution in [0.4, 0.5) is 0 Å². The van der Waals surface area contributed by atoms with Gasteiger partial charge < -0.3 is 19.8 Å². The molecule has 1 heterocycles. The molecule has 1 aliphatic heterocycles. The Morgan fingerprint density at radius 2 is 2.21 bits per heavy atom. The minimum atomic E-state index is -1.85. The molecule has 2 rings (SSSR count). The zero-order valence-corrected chi connectivity index (χ0v) is 14.5. The lowest BCUT2D eigenvalue weighted by molar-refractivity contribution is -0.546. The molecule has 132 valence electrons. The first kappa shape index (κ1) is 18.7. The number of likely N-dealkylation sites (tertiary alicyclic amines) is 1. The third-order valence-corrected chi connectivity index (χ3v) is 4.07. The maximum Gasteiger partial charge on any atom is 0.306 e. The topological polar surface area (TPSA) is 89.9 Å². The number of carboxylic acids is 1. The monoisotopic (exact) mass is 354 g/mol. The predicted octanol–water partition coefficient (Wildman–Crippen LogP) is 1.96. The van der Waals surface area contributed by atoms with Crippen LogP contribution in [0.1, 0.15) is 44.7 Å². The van der Waals surface area contributed by atoms with Gasteiger partial charge in [-0.3, -0.25) is 9.59 Å². The number of carboxylic acid groups (broad SMARTS) is 1. The molecule has 1 amide bonds. The number of halogens is 1. The fourth-order valence-electron chi connectivity index (χ4n) is 2.96. The van der Waals surface area contributed by atoms with Crippen LogP contribution < -0.4 is 5.11 Å². The molecule has 2 atom stereocenters. The molecular formula is C17H21ClNO5-. The summed E-state index contributed by atoms with van der Waals surface area (Å²) < 4.78 is 5.18. The number of hydrogen-bond donors (Lipinski definition) is 1. The number of ether oxygens (including phenoxy) is 1. The van der Waals surface area contributed by atoms with Crippen molar-refractivity contribution >= 4 is 23.5 Å². The lowest BCUT2D eigenvalue weighted by Crippen LogP contribution is -2.49. The summed E-state index contributed by atoms with van der Waals surface area (Å²) in [5.74, 6) is -3.50. The van der Waals surface area contributed by atoms with E-state index in [1.165, 1.54) is 13.8 Å². The Bertz CT molecular complexity index is 613. The first-order valence-electron chi connectivity index (χ1n) is 7.83. The fourth-order valence-corrected chi connectivity index (χ4v) is 3.16. The third-order valence-electron chi connectivity index (χ3n) is 3.83. The van der Waals surface area contributed by atoms with Crippen LogP contribution in [0, 0.1) is 0 Å². The van der Waals surface area contributed by atoms with Gasteiger partial charge >= 0.3 is 5.97 Å². The van der Waals surface area contributed by atoms with Gasteiger partial charge in [0.1, 0.15) is 6.10 Å². The van der Waals surface area contributed by atoms with E-state index < -0.39 is 30.2 Å². The molecule has 0 aromatic heterocycles. The van der Waals surface area contributed by atoms with E-state index in [0.717, 1.165) is 18.4 Å². The highest BCUT2D eigenvalue weighted by Gasteiger charge is 2.36. The lowest BCUT2D eigenvalue weighted by Gasteiger charge is -2.37. The van der Waals surface area contributed by atoms with Crippen LogP contribution in [-0.2, 0) is 14.3 Å². The predicted molar refractivity (Wildman–Crippen MR) is 86.3 cm³/mol. The van der Waals surface area contributed by atoms with Gasteiger partial charge in [0.05, 0.1) is 12.5 Å². The fraction of sp³-hybridized carbons (Fsp3) is 0.529. The molecule has 1 fully saturated rings. The van der Waals surface area contributed by atoms with Gasteiger partial charge in [-0.15, -0.1) is 0 Å². The van der Waals surface area contributed by atoms with Gasteiger partial charge in [0.2, 0.25) is 0 Å². The number of carbonyl (C=O) groups is 2. The highest BCUT2D eigenvalue weighted by atomic mass is 35.5. The Balaban J connectivity index is 2.22. The zero-order valence-electron chi connectivity index (χ0n) is 13.7. The lowest BCUT2D eigenvalue weighted by atomic mass is 10.0. The van der Waals surface area contributed by atoms with Crippen molar-refractivity contribution in [1.29, 1.82) is 0 Å². The first-order valence-corrected chi connectivity index (χ1v) is 8.21. The van der Waals surface area contributed by atoms with E-state index in [9.17, 15) is 14.7 Å². The summed E-state index contributed by atoms with van der Waals surface area (Å²) in [6.07, 6.45) is -0.283. The summed E-state index contributed by atoms with van der Waals surface area (Å²) >= 11 is 6.02. The normalized spacial score (nSPS) is 19.3. The quantitative estimate of drug-likeness (QED) is 0.789. The third kappa shape index (κ3) is 4.93. The Hall–Kier alpha value is -1.63. The molecule has 1 aliphatic rings. The molecule has 1 unspecified atom stereocenters. The molecule has 0 saturated carbocycles. The zero-order chi connectivity index (χ0) is 17.9. The van der Waals surface area contributed by atoms with Gasteiger partial charge in [-0.25, -0.2) is 0 Å². The second kappa shape index (κ2) is 7.51. The van der Waals surface area contributed by atoms with Gasteiger partial charge in [0.25, 0.3) is 5.91 Å². The van der Waals surface area contributed by atoms with E-state index in [2.05, 4.69) is 0 Å². The Kier molecular flexibility index (Phi) is 5.85. The van der Waals surface area contributed by atoms with E-state index in [0.29, 0.717) is 11.6 Å². The summed E-state index contributed by atoms with van der Waals surface area (Å²) in [6.45, 7) is 3.01. The molecule has 24 heavy (non-hydrogen) atoms. The molecule has 1 aromatic rings. The van der Waals surface area contributed by atoms with Crippen molar-refractivity contribution in [3.05, 3.63) is 34.9 Å². The molecule has 7 heteroatoms. The number of amides is 1. The number of benzene rings is 1. The van der Waals surface area contributed by atoms with Crippen LogP contribution in [0.15, 0.2) is 24.3 Å². The van der Waals surface area contributed by atoms with Crippen LogP contribution in [0.3, 0.4) is 0 Å². The van der Waals surface area contributed by atoms with E-state index in [1.54, 1.807) is 17.0 Å². The Labute approximate surface area is 146 Å². The average Bonchev–Trinajstić information content (AvgIpc) is 2.93. The summed E-state index contributed by atoms with van der Waals surface area (Å²) in [4.78, 5) is 25.4. The average molecular weight is 355 g/mol. The molecular weight excluding hydrogens is 334 g/mol. The van der Waals surface area contributed by atoms with Crippen molar-refractivity contribution in [3.8, 4) is 0 Å². The summed E-state index contributed by atoms with van der Waals surface area (Å²) in [5.41, 5.74) is 0.892. The van der Waals surface area contributed by atoms with E-state index in [1.807, 2.05) is 12.1 Å². The summed E-state index contributed by atoms with van der Waals surface area (Å²) in [5, 5.41) is 21.4. The van der Waals surface area contributed by atoms with E-state index in [4.69, 9.17) is 21.4 Å². The van der Waals surface area contributed by atoms with Crippen molar-refractivity contribution in [2.24, 2.45) is 0 Å². The standard InChI is InChI=1S/C17H21ClNO5/c1-17(2,23)24-14(10-15(20)21)16(22)19-8-4-7-13(19)11-5-3-6-12(18)9-11/h3,5-6,9,13-14H,4,7-8,10H2,1-2H3,(H,20,21)/q-1/t13?,14-/m1/s1. The second-order valence-electron chi connectivity index (χ2n) is 6.35. The molecule has 0 aliphatic carbocycles. The second-order valence-corrected chi connectivity index (χ2v) is 6.79. The molecule has 1 saturated heterocycles. The molecule has 0 spiro atoms. The molecule has 1 N–H and O–H groups in total. The molecule has 6 nitrogen and oxygen atoms in total. The van der Waals surface area contributed by atoms with Crippen LogP contribution in [0.25, 0.3) is 0 Å². The molecule has 0 bridgehead atoms. The Morgan fingerprint density at radius 3 is 2.79 bits per heavy atom. The minimum Gasteiger partial charge on any atom is -0.829 e. The van der Waals surface area contributed by atoms with E-state index in [-0.39, 0.29) is 6.04 Å². The smallest absolute Gasteiger partial charge is 0.306 e. The number of aliphatic carboxylic acids is 1. The number of rotatable bonds is 6. The SMILES string of the molecule is CC(C)([O-])O[C@H](CC(=O)O)C(=O)N1CCCC1c1cccc(Cl)c1. The van der Waals surface area contributed by atoms with Gasteiger partial charge in [-0.1, -0.05) is 37.6 Å². The minimum absolute atomic E-state index is 0.189. The van der Waals surface area contributed by atoms with Crippen LogP contribution in [-0.4, -0.2) is 40.3 Å². The highest BCUT2D eigenvalue weighted by Crippen LogP contribution is 2.34. The summed E-state index contributed by atoms with van der Waals surface area (Å²) in [6, 6.07) is 7.05. The Morgan fingerprint density at radius 1 is 1.50 bits per heavy atom. The molecule has 1 aromatic carbocycles. The van der Waals surface area contributed by atoms with Crippen LogP contribution >= 0.6 is 11.6 Å². The first-order chi connectivity index (χ1) is 11.2. The number of nitrogens with zero attached hydrogens (tertiary/aromatic N) is 1. The van der Waals surface area contributed by atoms with Crippen LogP contribution in [0.5, 0.6) is 0 Å². The van der Waals surface area contributed by atoms with Crippen molar-refractivity contribution in [1.82, 2.24) is 4.90 Å². The largest absolute Gasteiger partial charge is 0.829 e. The van der Waals surface area contributed by atoms with Gasteiger partial charge in [0, 0.05) is 11.6 Å². The maximum atomic E-state index is 12.8. The number of hydrogen-bond acceptors (Lipinski definition) is 4. The maximum absolute atomic E-state index is 12.8. The van der Waals surface area contributed by atoms with Crippen molar-refractivity contribution < 1.29 is 24.5 Å². The highest BCUT2D eigenvalue weighted by molar-refractivity contribution is 6.30. The van der Waals surface area contributed by atoms with Gasteiger partial charge in [-0.05, 0) is 36.3 Å². The van der Waals surface area contributed by atoms with Crippen molar-refractivity contribution in [2.45, 2.75) is 51.0 Å². The van der Waals surface area contributed by atoms with E-state index >= 15 is 0 Å². The number of carbonyl (C=O) groups excluding carboxylic acids is 1. The van der Waals surface area contributed by atoms with Crippen molar-refractivity contribution in [3.63, 3.8) is 0 Å². The van der Waals surface area contributed by atoms with Crippen LogP contribution in [0.2, 0.25) is 5.02 Å². The van der Waals surface area contributed by atoms with Gasteiger partial charge in [0.15, 0.2) is 0 Å².